The van der Waals surface area contributed by atoms with Crippen molar-refractivity contribution in [2.75, 3.05) is 0 Å². The molecule has 0 aliphatic heterocycles. The SMILES string of the molecule is C1=CC(n2ncc(-c3ccccc3)n2)C=CC(n2ncc(-c3ccccc3)n2)=C1. The number of allylic oxidation sites excluding steroid dienone is 6. The third-order valence-electron chi connectivity index (χ3n) is 4.68. The van der Waals surface area contributed by atoms with Crippen LogP contribution in [0, 0.1) is 0 Å². The highest BCUT2D eigenvalue weighted by atomic mass is 15.5. The molecule has 0 saturated heterocycles. The van der Waals surface area contributed by atoms with Crippen LogP contribution in [0.3, 0.4) is 0 Å². The molecule has 1 aliphatic rings. The number of hydrogen-bond donors (Lipinski definition) is 0. The monoisotopic (exact) mass is 378 g/mol. The molecule has 2 heterocycles. The van der Waals surface area contributed by atoms with Gasteiger partial charge in [-0.25, -0.2) is 0 Å². The number of rotatable bonds is 4. The molecule has 4 aromatic rings. The summed E-state index contributed by atoms with van der Waals surface area (Å²) in [6, 6.07) is 20.0. The van der Waals surface area contributed by atoms with Gasteiger partial charge in [0.25, 0.3) is 0 Å². The minimum Gasteiger partial charge on any atom is -0.173 e. The fourth-order valence-electron chi connectivity index (χ4n) is 3.16. The summed E-state index contributed by atoms with van der Waals surface area (Å²) in [5, 5.41) is 18.1. The third kappa shape index (κ3) is 3.55. The zero-order valence-corrected chi connectivity index (χ0v) is 15.6. The van der Waals surface area contributed by atoms with Crippen molar-refractivity contribution in [2.24, 2.45) is 0 Å². The van der Waals surface area contributed by atoms with Gasteiger partial charge < -0.3 is 0 Å². The second-order valence-corrected chi connectivity index (χ2v) is 6.63. The molecule has 0 radical (unpaired) electrons. The maximum atomic E-state index is 4.63. The van der Waals surface area contributed by atoms with E-state index >= 15 is 0 Å². The average molecular weight is 378 g/mol. The molecule has 5 rings (SSSR count). The molecule has 140 valence electrons. The van der Waals surface area contributed by atoms with Crippen LogP contribution in [-0.2, 0) is 0 Å². The van der Waals surface area contributed by atoms with Crippen LogP contribution in [0.1, 0.15) is 6.04 Å². The Bertz CT molecular complexity index is 1200. The van der Waals surface area contributed by atoms with E-state index in [2.05, 4.69) is 20.4 Å². The molecule has 1 atom stereocenters. The molecule has 29 heavy (non-hydrogen) atoms. The lowest BCUT2D eigenvalue weighted by Crippen LogP contribution is -2.07. The van der Waals surface area contributed by atoms with Crippen molar-refractivity contribution in [1.29, 1.82) is 0 Å². The highest BCUT2D eigenvalue weighted by Crippen LogP contribution is 2.21. The molecule has 2 aromatic heterocycles. The van der Waals surface area contributed by atoms with Gasteiger partial charge in [-0.1, -0.05) is 78.9 Å². The fraction of sp³-hybridized carbons (Fsp3) is 0.0435. The molecule has 2 aromatic carbocycles. The predicted octanol–water partition coefficient (Wildman–Crippen LogP) is 4.41. The van der Waals surface area contributed by atoms with Crippen molar-refractivity contribution in [3.8, 4) is 22.5 Å². The van der Waals surface area contributed by atoms with E-state index in [0.29, 0.717) is 0 Å². The number of benzene rings is 2. The van der Waals surface area contributed by atoms with Gasteiger partial charge in [0, 0.05) is 11.1 Å². The van der Waals surface area contributed by atoms with Gasteiger partial charge in [-0.2, -0.15) is 24.9 Å². The van der Waals surface area contributed by atoms with Crippen LogP contribution in [0.2, 0.25) is 0 Å². The van der Waals surface area contributed by atoms with Crippen molar-refractivity contribution < 1.29 is 0 Å². The van der Waals surface area contributed by atoms with Crippen LogP contribution in [0.5, 0.6) is 0 Å². The maximum absolute atomic E-state index is 4.63. The smallest absolute Gasteiger partial charge is 0.113 e. The summed E-state index contributed by atoms with van der Waals surface area (Å²) in [4.78, 5) is 3.34. The maximum Gasteiger partial charge on any atom is 0.113 e. The van der Waals surface area contributed by atoms with Gasteiger partial charge in [0.05, 0.1) is 18.1 Å². The Kier molecular flexibility index (Phi) is 4.42. The number of hydrogen-bond acceptors (Lipinski definition) is 4. The van der Waals surface area contributed by atoms with E-state index in [-0.39, 0.29) is 6.04 Å². The molecule has 0 N–H and O–H groups in total. The van der Waals surface area contributed by atoms with Crippen molar-refractivity contribution in [3.05, 3.63) is 103 Å². The molecule has 0 bridgehead atoms. The molecular weight excluding hydrogens is 360 g/mol. The lowest BCUT2D eigenvalue weighted by molar-refractivity contribution is 0.544. The molecule has 0 spiro atoms. The summed E-state index contributed by atoms with van der Waals surface area (Å²) in [6.45, 7) is 0. The number of aromatic nitrogens is 6. The van der Waals surface area contributed by atoms with Crippen LogP contribution in [0.4, 0.5) is 0 Å². The van der Waals surface area contributed by atoms with Crippen LogP contribution in [0.25, 0.3) is 28.2 Å². The molecule has 6 nitrogen and oxygen atoms in total. The van der Waals surface area contributed by atoms with Crippen molar-refractivity contribution in [1.82, 2.24) is 30.0 Å². The Morgan fingerprint density at radius 2 is 1.34 bits per heavy atom. The Morgan fingerprint density at radius 1 is 0.690 bits per heavy atom. The molecule has 0 saturated carbocycles. The topological polar surface area (TPSA) is 61.4 Å². The first-order valence-corrected chi connectivity index (χ1v) is 9.39. The molecule has 0 amide bonds. The Balaban J connectivity index is 1.36. The van der Waals surface area contributed by atoms with Gasteiger partial charge >= 0.3 is 0 Å². The zero-order chi connectivity index (χ0) is 19.5. The van der Waals surface area contributed by atoms with Gasteiger partial charge in [-0.05, 0) is 12.2 Å². The number of nitrogens with zero attached hydrogens (tertiary/aromatic N) is 6. The lowest BCUT2D eigenvalue weighted by atomic mass is 10.2. The molecular formula is C23H18N6. The van der Waals surface area contributed by atoms with Gasteiger partial charge in [0.1, 0.15) is 17.4 Å². The van der Waals surface area contributed by atoms with Crippen LogP contribution in [0.15, 0.2) is 103 Å². The Labute approximate surface area is 168 Å². The van der Waals surface area contributed by atoms with Crippen LogP contribution < -0.4 is 0 Å². The second-order valence-electron chi connectivity index (χ2n) is 6.63. The summed E-state index contributed by atoms with van der Waals surface area (Å²) in [5.41, 5.74) is 4.66. The summed E-state index contributed by atoms with van der Waals surface area (Å²) in [7, 11) is 0. The summed E-state index contributed by atoms with van der Waals surface area (Å²) >= 11 is 0. The van der Waals surface area contributed by atoms with E-state index in [0.717, 1.165) is 28.2 Å². The standard InChI is InChI=1S/C23H18N6/c1-3-8-18(9-4-1)22-16-24-28(26-22)20-12-7-13-21(15-14-20)29-25-17-23(27-29)19-10-5-2-6-11-19/h1-17,20H. The summed E-state index contributed by atoms with van der Waals surface area (Å²) < 4.78 is 0. The summed E-state index contributed by atoms with van der Waals surface area (Å²) in [6.07, 6.45) is 13.6. The first-order chi connectivity index (χ1) is 14.4. The predicted molar refractivity (Wildman–Crippen MR) is 113 cm³/mol. The van der Waals surface area contributed by atoms with Gasteiger partial charge in [0.15, 0.2) is 0 Å². The van der Waals surface area contributed by atoms with Crippen molar-refractivity contribution >= 4 is 5.70 Å². The summed E-state index contributed by atoms with van der Waals surface area (Å²) in [5.74, 6) is 0. The van der Waals surface area contributed by atoms with E-state index in [9.17, 15) is 0 Å². The van der Waals surface area contributed by atoms with Crippen LogP contribution in [-0.4, -0.2) is 30.0 Å². The quantitative estimate of drug-likeness (QED) is 0.528. The Morgan fingerprint density at radius 3 is 2.07 bits per heavy atom. The van der Waals surface area contributed by atoms with Crippen LogP contribution >= 0.6 is 0 Å². The van der Waals surface area contributed by atoms with E-state index in [4.69, 9.17) is 0 Å². The molecule has 0 fully saturated rings. The van der Waals surface area contributed by atoms with E-state index in [1.54, 1.807) is 22.0 Å². The van der Waals surface area contributed by atoms with Gasteiger partial charge in [-0.3, -0.25) is 0 Å². The molecule has 1 unspecified atom stereocenters. The minimum absolute atomic E-state index is 0.0784. The van der Waals surface area contributed by atoms with Crippen molar-refractivity contribution in [3.63, 3.8) is 0 Å². The highest BCUT2D eigenvalue weighted by Gasteiger charge is 2.12. The van der Waals surface area contributed by atoms with Crippen molar-refractivity contribution in [2.45, 2.75) is 6.04 Å². The lowest BCUT2D eigenvalue weighted by Gasteiger charge is -2.05. The van der Waals surface area contributed by atoms with Gasteiger partial charge in [0.2, 0.25) is 0 Å². The third-order valence-corrected chi connectivity index (χ3v) is 4.68. The highest BCUT2D eigenvalue weighted by molar-refractivity contribution is 5.62. The second kappa shape index (κ2) is 7.52. The fourth-order valence-corrected chi connectivity index (χ4v) is 3.16. The van der Waals surface area contributed by atoms with E-state index in [1.807, 2.05) is 91.0 Å². The minimum atomic E-state index is -0.0784. The normalized spacial score (nSPS) is 15.9. The van der Waals surface area contributed by atoms with E-state index < -0.39 is 0 Å². The van der Waals surface area contributed by atoms with Gasteiger partial charge in [-0.15, -0.1) is 5.10 Å². The molecule has 1 aliphatic carbocycles. The Hall–Kier alpha value is -4.06. The largest absolute Gasteiger partial charge is 0.173 e. The van der Waals surface area contributed by atoms with E-state index in [1.165, 1.54) is 0 Å². The molecule has 6 heteroatoms. The first-order valence-electron chi connectivity index (χ1n) is 9.39. The first kappa shape index (κ1) is 17.1. The zero-order valence-electron chi connectivity index (χ0n) is 15.6. The average Bonchev–Trinajstić information content (AvgIpc) is 3.41.